The van der Waals surface area contributed by atoms with Gasteiger partial charge in [0.05, 0.1) is 12.1 Å². The first-order chi connectivity index (χ1) is 10.2. The summed E-state index contributed by atoms with van der Waals surface area (Å²) in [6.07, 6.45) is 0.566. The van der Waals surface area contributed by atoms with Gasteiger partial charge in [-0.15, -0.1) is 0 Å². The van der Waals surface area contributed by atoms with Crippen LogP contribution in [0, 0.1) is 6.92 Å². The number of rotatable bonds is 6. The lowest BCUT2D eigenvalue weighted by Gasteiger charge is -2.26. The van der Waals surface area contributed by atoms with E-state index < -0.39 is 0 Å². The molecule has 0 bridgehead atoms. The normalized spacial score (nSPS) is 13.9. The lowest BCUT2D eigenvalue weighted by molar-refractivity contribution is 0.0679. The second kappa shape index (κ2) is 7.57. The quantitative estimate of drug-likeness (QED) is 0.635. The van der Waals surface area contributed by atoms with Crippen molar-refractivity contribution in [2.24, 2.45) is 5.84 Å². The van der Waals surface area contributed by atoms with Crippen LogP contribution >= 0.6 is 11.6 Å². The van der Waals surface area contributed by atoms with E-state index in [0.29, 0.717) is 6.42 Å². The second-order valence-corrected chi connectivity index (χ2v) is 5.55. The molecule has 112 valence electrons. The summed E-state index contributed by atoms with van der Waals surface area (Å²) in [7, 11) is 1.69. The molecular weight excluding hydrogens is 284 g/mol. The average Bonchev–Trinajstić information content (AvgIpc) is 2.50. The van der Waals surface area contributed by atoms with Gasteiger partial charge >= 0.3 is 0 Å². The summed E-state index contributed by atoms with van der Waals surface area (Å²) in [6.45, 7) is 2.02. The van der Waals surface area contributed by atoms with Crippen LogP contribution in [-0.4, -0.2) is 13.2 Å². The van der Waals surface area contributed by atoms with Crippen molar-refractivity contribution < 1.29 is 4.74 Å². The Morgan fingerprint density at radius 1 is 1.19 bits per heavy atom. The standard InChI is InChI=1S/C17H21ClN2O/c1-12-8-9-14(15(18)10-12)11-16(20-19)17(21-2)13-6-4-3-5-7-13/h3-10,16-17,20H,11,19H2,1-2H3. The molecule has 0 aliphatic heterocycles. The molecule has 0 saturated carbocycles. The number of hydrogen-bond donors (Lipinski definition) is 2. The summed E-state index contributed by atoms with van der Waals surface area (Å²) in [5.41, 5.74) is 6.15. The Bertz CT molecular complexity index is 574. The van der Waals surface area contributed by atoms with E-state index in [0.717, 1.165) is 21.7 Å². The fourth-order valence-electron chi connectivity index (χ4n) is 2.48. The molecule has 0 radical (unpaired) electrons. The highest BCUT2D eigenvalue weighted by Gasteiger charge is 2.23. The minimum absolute atomic E-state index is 0.0578. The molecule has 0 saturated heterocycles. The molecule has 2 rings (SSSR count). The molecule has 0 spiro atoms. The highest BCUT2D eigenvalue weighted by Crippen LogP contribution is 2.26. The molecule has 3 N–H and O–H groups in total. The van der Waals surface area contributed by atoms with E-state index in [4.69, 9.17) is 22.2 Å². The lowest BCUT2D eigenvalue weighted by Crippen LogP contribution is -2.42. The Labute approximate surface area is 131 Å². The number of nitrogens with one attached hydrogen (secondary N) is 1. The first kappa shape index (κ1) is 16.0. The van der Waals surface area contributed by atoms with E-state index in [-0.39, 0.29) is 12.1 Å². The maximum absolute atomic E-state index is 6.32. The zero-order chi connectivity index (χ0) is 15.2. The fourth-order valence-corrected chi connectivity index (χ4v) is 2.80. The Balaban J connectivity index is 2.22. The van der Waals surface area contributed by atoms with Crippen LogP contribution in [0.2, 0.25) is 5.02 Å². The smallest absolute Gasteiger partial charge is 0.0990 e. The molecule has 21 heavy (non-hydrogen) atoms. The Morgan fingerprint density at radius 3 is 2.48 bits per heavy atom. The second-order valence-electron chi connectivity index (χ2n) is 5.14. The minimum Gasteiger partial charge on any atom is -0.375 e. The number of halogens is 1. The molecular formula is C17H21ClN2O. The van der Waals surface area contributed by atoms with Gasteiger partial charge in [-0.25, -0.2) is 0 Å². The number of nitrogens with two attached hydrogens (primary N) is 1. The van der Waals surface area contributed by atoms with E-state index in [1.54, 1.807) is 7.11 Å². The van der Waals surface area contributed by atoms with Crippen LogP contribution in [0.5, 0.6) is 0 Å². The molecule has 4 heteroatoms. The first-order valence-electron chi connectivity index (χ1n) is 6.94. The van der Waals surface area contributed by atoms with Crippen molar-refractivity contribution in [3.8, 4) is 0 Å². The van der Waals surface area contributed by atoms with Crippen molar-refractivity contribution in [1.82, 2.24) is 5.43 Å². The monoisotopic (exact) mass is 304 g/mol. The summed E-state index contributed by atoms with van der Waals surface area (Å²) in [5, 5.41) is 0.762. The van der Waals surface area contributed by atoms with Crippen molar-refractivity contribution in [3.05, 3.63) is 70.2 Å². The van der Waals surface area contributed by atoms with Gasteiger partial charge in [0.1, 0.15) is 0 Å². The number of methoxy groups -OCH3 is 1. The molecule has 2 aromatic carbocycles. The van der Waals surface area contributed by atoms with Gasteiger partial charge in [0, 0.05) is 12.1 Å². The SMILES string of the molecule is COC(c1ccccc1)C(Cc1ccc(C)cc1Cl)NN. The molecule has 0 fully saturated rings. The summed E-state index contributed by atoms with van der Waals surface area (Å²) in [5.74, 6) is 5.74. The third kappa shape index (κ3) is 4.05. The number of aryl methyl sites for hydroxylation is 1. The van der Waals surface area contributed by atoms with E-state index >= 15 is 0 Å². The number of hydrogen-bond acceptors (Lipinski definition) is 3. The topological polar surface area (TPSA) is 47.3 Å². The minimum atomic E-state index is -0.131. The predicted molar refractivity (Wildman–Crippen MR) is 87.2 cm³/mol. The van der Waals surface area contributed by atoms with E-state index in [1.807, 2.05) is 49.4 Å². The van der Waals surface area contributed by atoms with Gasteiger partial charge in [-0.1, -0.05) is 54.1 Å². The summed E-state index contributed by atoms with van der Waals surface area (Å²) in [6, 6.07) is 16.1. The van der Waals surface area contributed by atoms with Crippen LogP contribution in [0.4, 0.5) is 0 Å². The molecule has 0 amide bonds. The Morgan fingerprint density at radius 2 is 1.90 bits per heavy atom. The van der Waals surface area contributed by atoms with Crippen molar-refractivity contribution in [3.63, 3.8) is 0 Å². The molecule has 0 aliphatic rings. The van der Waals surface area contributed by atoms with Crippen LogP contribution < -0.4 is 11.3 Å². The third-order valence-electron chi connectivity index (χ3n) is 3.61. The zero-order valence-electron chi connectivity index (χ0n) is 12.3. The van der Waals surface area contributed by atoms with Crippen LogP contribution in [-0.2, 0) is 11.2 Å². The number of benzene rings is 2. The van der Waals surface area contributed by atoms with Crippen LogP contribution in [0.1, 0.15) is 22.8 Å². The van der Waals surface area contributed by atoms with Gasteiger partial charge in [-0.3, -0.25) is 11.3 Å². The highest BCUT2D eigenvalue weighted by molar-refractivity contribution is 6.31. The van der Waals surface area contributed by atoms with Gasteiger partial charge in [0.25, 0.3) is 0 Å². The van der Waals surface area contributed by atoms with Gasteiger partial charge in [-0.05, 0) is 36.1 Å². The molecule has 0 aromatic heterocycles. The molecule has 3 nitrogen and oxygen atoms in total. The van der Waals surface area contributed by atoms with Gasteiger partial charge in [0.15, 0.2) is 0 Å². The fraction of sp³-hybridized carbons (Fsp3) is 0.294. The summed E-state index contributed by atoms with van der Waals surface area (Å²) in [4.78, 5) is 0. The molecule has 0 heterocycles. The lowest BCUT2D eigenvalue weighted by atomic mass is 9.96. The summed E-state index contributed by atoms with van der Waals surface area (Å²) >= 11 is 6.32. The van der Waals surface area contributed by atoms with Crippen molar-refractivity contribution in [2.45, 2.75) is 25.5 Å². The molecule has 2 unspecified atom stereocenters. The van der Waals surface area contributed by atoms with Crippen LogP contribution in [0.3, 0.4) is 0 Å². The van der Waals surface area contributed by atoms with Crippen molar-refractivity contribution >= 4 is 11.6 Å². The van der Waals surface area contributed by atoms with Gasteiger partial charge in [0.2, 0.25) is 0 Å². The van der Waals surface area contributed by atoms with E-state index in [2.05, 4.69) is 11.5 Å². The van der Waals surface area contributed by atoms with Crippen LogP contribution in [0.25, 0.3) is 0 Å². The highest BCUT2D eigenvalue weighted by atomic mass is 35.5. The first-order valence-corrected chi connectivity index (χ1v) is 7.32. The van der Waals surface area contributed by atoms with Crippen molar-refractivity contribution in [1.29, 1.82) is 0 Å². The maximum atomic E-state index is 6.32. The molecule has 2 atom stereocenters. The van der Waals surface area contributed by atoms with E-state index in [1.165, 1.54) is 0 Å². The predicted octanol–water partition coefficient (Wildman–Crippen LogP) is 3.41. The number of hydrazine groups is 1. The Kier molecular flexibility index (Phi) is 5.76. The number of ether oxygens (including phenoxy) is 1. The average molecular weight is 305 g/mol. The Hall–Kier alpha value is -1.39. The van der Waals surface area contributed by atoms with E-state index in [9.17, 15) is 0 Å². The molecule has 2 aromatic rings. The van der Waals surface area contributed by atoms with Gasteiger partial charge in [-0.2, -0.15) is 0 Å². The summed E-state index contributed by atoms with van der Waals surface area (Å²) < 4.78 is 5.64. The van der Waals surface area contributed by atoms with Crippen molar-refractivity contribution in [2.75, 3.05) is 7.11 Å². The van der Waals surface area contributed by atoms with Gasteiger partial charge < -0.3 is 4.74 Å². The maximum Gasteiger partial charge on any atom is 0.0990 e. The van der Waals surface area contributed by atoms with Crippen LogP contribution in [0.15, 0.2) is 48.5 Å². The largest absolute Gasteiger partial charge is 0.375 e. The zero-order valence-corrected chi connectivity index (χ0v) is 13.1. The molecule has 0 aliphatic carbocycles. The third-order valence-corrected chi connectivity index (χ3v) is 3.96.